The Hall–Kier alpha value is -1.52. The molecule has 2 rings (SSSR count). The molecule has 2 N–H and O–H groups in total. The number of nitrogens with one attached hydrogen (secondary N) is 2. The molecule has 0 aliphatic carbocycles. The number of anilines is 1. The Morgan fingerprint density at radius 2 is 1.91 bits per heavy atom. The lowest BCUT2D eigenvalue weighted by Gasteiger charge is -2.11. The van der Waals surface area contributed by atoms with Crippen LogP contribution in [0.5, 0.6) is 0 Å². The van der Waals surface area contributed by atoms with Gasteiger partial charge in [-0.2, -0.15) is 11.8 Å². The second kappa shape index (κ2) is 8.81. The number of hydrogen-bond acceptors (Lipinski definition) is 2. The van der Waals surface area contributed by atoms with Crippen LogP contribution in [0.2, 0.25) is 0 Å². The molecule has 0 fully saturated rings. The van der Waals surface area contributed by atoms with Crippen molar-refractivity contribution >= 4 is 34.8 Å². The summed E-state index contributed by atoms with van der Waals surface area (Å²) in [5.74, 6) is 2.08. The van der Waals surface area contributed by atoms with E-state index in [2.05, 4.69) is 60.9 Å². The molecule has 2 aromatic rings. The summed E-state index contributed by atoms with van der Waals surface area (Å²) < 4.78 is 0. The Bertz CT molecular complexity index is 626. The van der Waals surface area contributed by atoms with Gasteiger partial charge < -0.3 is 10.6 Å². The van der Waals surface area contributed by atoms with Crippen molar-refractivity contribution in [1.82, 2.24) is 5.32 Å². The molecule has 0 spiro atoms. The van der Waals surface area contributed by atoms with E-state index in [1.54, 1.807) is 0 Å². The fraction of sp³-hybridized carbons (Fsp3) is 0.278. The van der Waals surface area contributed by atoms with Gasteiger partial charge in [0, 0.05) is 23.7 Å². The highest BCUT2D eigenvalue weighted by Gasteiger charge is 1.99. The minimum absolute atomic E-state index is 0.682. The van der Waals surface area contributed by atoms with E-state index in [9.17, 15) is 0 Å². The van der Waals surface area contributed by atoms with E-state index in [1.807, 2.05) is 23.9 Å². The molecular formula is C18H22N2S2. The molecule has 4 heteroatoms. The number of thioether (sulfide) groups is 1. The molecule has 0 aromatic heterocycles. The molecular weight excluding hydrogens is 308 g/mol. The minimum atomic E-state index is 0.682. The number of rotatable bonds is 6. The topological polar surface area (TPSA) is 24.1 Å². The lowest BCUT2D eigenvalue weighted by molar-refractivity contribution is 0.989. The maximum atomic E-state index is 5.31. The Balaban J connectivity index is 1.64. The molecule has 22 heavy (non-hydrogen) atoms. The molecule has 0 saturated carbocycles. The average molecular weight is 331 g/mol. The zero-order valence-electron chi connectivity index (χ0n) is 13.1. The number of benzene rings is 2. The lowest BCUT2D eigenvalue weighted by Crippen LogP contribution is -2.30. The van der Waals surface area contributed by atoms with Crippen LogP contribution in [-0.4, -0.2) is 17.4 Å². The zero-order valence-corrected chi connectivity index (χ0v) is 14.7. The second-order valence-electron chi connectivity index (χ2n) is 5.23. The van der Waals surface area contributed by atoms with E-state index in [0.29, 0.717) is 5.11 Å². The van der Waals surface area contributed by atoms with Gasteiger partial charge in [0.1, 0.15) is 0 Å². The molecule has 0 aliphatic rings. The van der Waals surface area contributed by atoms with Gasteiger partial charge in [-0.05, 0) is 54.9 Å². The second-order valence-corrected chi connectivity index (χ2v) is 6.74. The third kappa shape index (κ3) is 5.70. The smallest absolute Gasteiger partial charge is 0.170 e. The highest BCUT2D eigenvalue weighted by molar-refractivity contribution is 7.98. The van der Waals surface area contributed by atoms with E-state index >= 15 is 0 Å². The van der Waals surface area contributed by atoms with Crippen LogP contribution in [0, 0.1) is 13.8 Å². The summed E-state index contributed by atoms with van der Waals surface area (Å²) in [5, 5.41) is 7.14. The Labute approximate surface area is 142 Å². The van der Waals surface area contributed by atoms with E-state index < -0.39 is 0 Å². The number of aryl methyl sites for hydroxylation is 2. The predicted octanol–water partition coefficient (Wildman–Crippen LogP) is 4.52. The van der Waals surface area contributed by atoms with Gasteiger partial charge in [0.05, 0.1) is 0 Å². The number of thiocarbonyl (C=S) groups is 1. The van der Waals surface area contributed by atoms with Crippen LogP contribution in [0.25, 0.3) is 0 Å². The van der Waals surface area contributed by atoms with Crippen molar-refractivity contribution in [2.75, 3.05) is 17.6 Å². The quantitative estimate of drug-likeness (QED) is 0.600. The lowest BCUT2D eigenvalue weighted by atomic mass is 10.1. The van der Waals surface area contributed by atoms with Gasteiger partial charge in [0.2, 0.25) is 0 Å². The first-order valence-corrected chi connectivity index (χ1v) is 8.95. The molecule has 2 aromatic carbocycles. The fourth-order valence-corrected chi connectivity index (χ4v) is 3.24. The Morgan fingerprint density at radius 3 is 2.68 bits per heavy atom. The maximum Gasteiger partial charge on any atom is 0.170 e. The third-order valence-electron chi connectivity index (χ3n) is 3.33. The van der Waals surface area contributed by atoms with E-state index in [1.165, 1.54) is 16.7 Å². The first-order valence-electron chi connectivity index (χ1n) is 7.39. The average Bonchev–Trinajstić information content (AvgIpc) is 2.48. The third-order valence-corrected chi connectivity index (χ3v) is 4.58. The van der Waals surface area contributed by atoms with Gasteiger partial charge in [-0.15, -0.1) is 0 Å². The highest BCUT2D eigenvalue weighted by Crippen LogP contribution is 2.15. The maximum absolute atomic E-state index is 5.31. The van der Waals surface area contributed by atoms with E-state index in [-0.39, 0.29) is 0 Å². The van der Waals surface area contributed by atoms with Crippen molar-refractivity contribution in [1.29, 1.82) is 0 Å². The molecule has 0 bridgehead atoms. The minimum Gasteiger partial charge on any atom is -0.362 e. The largest absolute Gasteiger partial charge is 0.362 e. The SMILES string of the molecule is Cc1cccc(NC(=S)NCCSCc2ccccc2C)c1. The molecule has 2 nitrogen and oxygen atoms in total. The normalized spacial score (nSPS) is 10.3. The molecule has 0 unspecified atom stereocenters. The van der Waals surface area contributed by atoms with Crippen molar-refractivity contribution < 1.29 is 0 Å². The summed E-state index contributed by atoms with van der Waals surface area (Å²) in [6, 6.07) is 16.7. The van der Waals surface area contributed by atoms with E-state index in [4.69, 9.17) is 12.2 Å². The molecule has 0 heterocycles. The van der Waals surface area contributed by atoms with Gasteiger partial charge in [-0.3, -0.25) is 0 Å². The van der Waals surface area contributed by atoms with Crippen molar-refractivity contribution in [3.8, 4) is 0 Å². The Kier molecular flexibility index (Phi) is 6.74. The number of hydrogen-bond donors (Lipinski definition) is 2. The highest BCUT2D eigenvalue weighted by atomic mass is 32.2. The van der Waals surface area contributed by atoms with Crippen LogP contribution in [0.4, 0.5) is 5.69 Å². The summed E-state index contributed by atoms with van der Waals surface area (Å²) in [7, 11) is 0. The summed E-state index contributed by atoms with van der Waals surface area (Å²) in [4.78, 5) is 0. The molecule has 0 aliphatic heterocycles. The summed E-state index contributed by atoms with van der Waals surface area (Å²) >= 11 is 7.23. The molecule has 116 valence electrons. The van der Waals surface area contributed by atoms with Crippen molar-refractivity contribution in [2.24, 2.45) is 0 Å². The first kappa shape index (κ1) is 16.8. The zero-order chi connectivity index (χ0) is 15.8. The van der Waals surface area contributed by atoms with Gasteiger partial charge in [-0.25, -0.2) is 0 Å². The molecule has 0 saturated heterocycles. The predicted molar refractivity (Wildman–Crippen MR) is 103 cm³/mol. The van der Waals surface area contributed by atoms with Gasteiger partial charge in [0.25, 0.3) is 0 Å². The summed E-state index contributed by atoms with van der Waals surface area (Å²) in [6.45, 7) is 5.10. The summed E-state index contributed by atoms with van der Waals surface area (Å²) in [5.41, 5.74) is 5.03. The van der Waals surface area contributed by atoms with Crippen LogP contribution in [0.1, 0.15) is 16.7 Å². The van der Waals surface area contributed by atoms with Crippen LogP contribution >= 0.6 is 24.0 Å². The summed E-state index contributed by atoms with van der Waals surface area (Å²) in [6.07, 6.45) is 0. The van der Waals surface area contributed by atoms with Crippen LogP contribution in [-0.2, 0) is 5.75 Å². The van der Waals surface area contributed by atoms with Crippen LogP contribution in [0.15, 0.2) is 48.5 Å². The van der Waals surface area contributed by atoms with Crippen LogP contribution in [0.3, 0.4) is 0 Å². The van der Waals surface area contributed by atoms with Gasteiger partial charge in [0.15, 0.2) is 5.11 Å². The van der Waals surface area contributed by atoms with Gasteiger partial charge in [-0.1, -0.05) is 36.4 Å². The van der Waals surface area contributed by atoms with Crippen molar-refractivity contribution in [2.45, 2.75) is 19.6 Å². The molecule has 0 radical (unpaired) electrons. The van der Waals surface area contributed by atoms with Crippen molar-refractivity contribution in [3.05, 3.63) is 65.2 Å². The van der Waals surface area contributed by atoms with Crippen LogP contribution < -0.4 is 10.6 Å². The first-order chi connectivity index (χ1) is 10.6. The van der Waals surface area contributed by atoms with Crippen molar-refractivity contribution in [3.63, 3.8) is 0 Å². The Morgan fingerprint density at radius 1 is 1.09 bits per heavy atom. The fourth-order valence-electron chi connectivity index (χ4n) is 2.09. The monoisotopic (exact) mass is 330 g/mol. The molecule has 0 amide bonds. The van der Waals surface area contributed by atoms with Gasteiger partial charge >= 0.3 is 0 Å². The van der Waals surface area contributed by atoms with E-state index in [0.717, 1.165) is 23.7 Å². The molecule has 0 atom stereocenters. The standard InChI is InChI=1S/C18H22N2S2/c1-14-6-5-9-17(12-14)20-18(21)19-10-11-22-13-16-8-4-3-7-15(16)2/h3-9,12H,10-11,13H2,1-2H3,(H2,19,20,21).